The number of thiocarbonyl (C=S) groups is 2. The minimum atomic E-state index is -0.686. The normalized spacial score (nSPS) is 11.5. The first kappa shape index (κ1) is 41.2. The van der Waals surface area contributed by atoms with Gasteiger partial charge in [0, 0.05) is 47.5 Å². The van der Waals surface area contributed by atoms with Gasteiger partial charge in [-0.1, -0.05) is 97.9 Å². The summed E-state index contributed by atoms with van der Waals surface area (Å²) in [6.45, 7) is 0.980. The number of hydrogen-bond donors (Lipinski definition) is 2. The van der Waals surface area contributed by atoms with Crippen LogP contribution in [0.3, 0.4) is 0 Å². The van der Waals surface area contributed by atoms with Crippen molar-refractivity contribution in [3.63, 3.8) is 0 Å². The summed E-state index contributed by atoms with van der Waals surface area (Å²) in [5.41, 5.74) is 2.68. The van der Waals surface area contributed by atoms with Gasteiger partial charge in [0.2, 0.25) is 0 Å². The van der Waals surface area contributed by atoms with Gasteiger partial charge in [-0.05, 0) is 0 Å². The topological polar surface area (TPSA) is 24.1 Å². The van der Waals surface area contributed by atoms with E-state index >= 15 is 0 Å². The van der Waals surface area contributed by atoms with E-state index in [9.17, 15) is 17.6 Å². The quantitative estimate of drug-likeness (QED) is 0.0818. The molecule has 2 nitrogen and oxygen atoms in total. The Labute approximate surface area is 312 Å². The van der Waals surface area contributed by atoms with Crippen molar-refractivity contribution in [2.45, 2.75) is 25.7 Å². The molecule has 248 valence electrons. The molecular formula is C40H34F4N2S2Ti. The monoisotopic (exact) mass is 730 g/mol. The minimum absolute atomic E-state index is 0. The Balaban J connectivity index is 0.000000260. The Morgan fingerprint density at radius 3 is 1.24 bits per heavy atom. The van der Waals surface area contributed by atoms with Crippen LogP contribution in [0.4, 0.5) is 17.6 Å². The van der Waals surface area contributed by atoms with Crippen molar-refractivity contribution in [2.24, 2.45) is 0 Å². The summed E-state index contributed by atoms with van der Waals surface area (Å²) in [5, 5.41) is 6.09. The maximum absolute atomic E-state index is 13.3. The van der Waals surface area contributed by atoms with Gasteiger partial charge in [0.1, 0.15) is 9.98 Å². The van der Waals surface area contributed by atoms with Crippen molar-refractivity contribution in [1.29, 1.82) is 0 Å². The molecule has 0 aliphatic heterocycles. The third-order valence-corrected chi connectivity index (χ3v) is 7.25. The van der Waals surface area contributed by atoms with Crippen molar-refractivity contribution in [2.75, 3.05) is 13.1 Å². The zero-order chi connectivity index (χ0) is 34.4. The molecule has 6 rings (SSSR count). The molecule has 49 heavy (non-hydrogen) atoms. The van der Waals surface area contributed by atoms with E-state index in [4.69, 9.17) is 24.4 Å². The van der Waals surface area contributed by atoms with E-state index in [2.05, 4.69) is 34.9 Å². The maximum atomic E-state index is 13.3. The first-order chi connectivity index (χ1) is 23.3. The molecule has 0 unspecified atom stereocenters. The van der Waals surface area contributed by atoms with Gasteiger partial charge in [-0.15, -0.1) is 48.2 Å². The van der Waals surface area contributed by atoms with Crippen LogP contribution in [0.5, 0.6) is 0 Å². The summed E-state index contributed by atoms with van der Waals surface area (Å²) in [6.07, 6.45) is 20.9. The van der Waals surface area contributed by atoms with E-state index < -0.39 is 23.3 Å². The van der Waals surface area contributed by atoms with Crippen LogP contribution >= 0.6 is 24.4 Å². The SMILES string of the molecule is Fc1[c-]c(F)c(CCNC(=S)c2ccccc2)cc1.Fc1[c-]c(F)c(CCNC(=S)c2ccccc2)cc1.[C-]1=CC=CC1.[C-]1=CC=CC1.[Ti+4]. The summed E-state index contributed by atoms with van der Waals surface area (Å²) >= 11 is 10.4. The summed E-state index contributed by atoms with van der Waals surface area (Å²) in [6, 6.07) is 28.3. The second kappa shape index (κ2) is 24.2. The van der Waals surface area contributed by atoms with Crippen LogP contribution in [0, 0.1) is 47.6 Å². The Kier molecular flexibility index (Phi) is 20.4. The standard InChI is InChI=1S/2C15H12F2NS.2C5H5.Ti/c2*16-13-7-6-11(14(17)10-13)8-9-18-15(19)12-4-2-1-3-5-12;2*1-2-4-5-3-1;/h2*1-7H,8-9H2,(H,18,19);2*1-3H,4H2;/q4*-1;+4. The maximum Gasteiger partial charge on any atom is 4.00 e. The molecule has 9 heteroatoms. The second-order valence-electron chi connectivity index (χ2n) is 10.0. The van der Waals surface area contributed by atoms with E-state index in [1.807, 2.05) is 97.1 Å². The van der Waals surface area contributed by atoms with Gasteiger partial charge in [-0.2, -0.15) is 24.3 Å². The number of halogens is 4. The predicted octanol–water partition coefficient (Wildman–Crippen LogP) is 9.15. The van der Waals surface area contributed by atoms with Crippen molar-refractivity contribution in [3.05, 3.63) is 191 Å². The molecule has 4 aromatic rings. The molecule has 2 aliphatic rings. The largest absolute Gasteiger partial charge is 4.00 e. The molecule has 0 heterocycles. The Morgan fingerprint density at radius 1 is 0.571 bits per heavy atom. The van der Waals surface area contributed by atoms with Crippen molar-refractivity contribution in [1.82, 2.24) is 10.6 Å². The van der Waals surface area contributed by atoms with Gasteiger partial charge in [-0.3, -0.25) is 12.2 Å². The first-order valence-corrected chi connectivity index (χ1v) is 16.0. The fourth-order valence-corrected chi connectivity index (χ4v) is 4.49. The molecule has 0 radical (unpaired) electrons. The van der Waals surface area contributed by atoms with Gasteiger partial charge in [0.15, 0.2) is 0 Å². The second-order valence-corrected chi connectivity index (χ2v) is 10.9. The average Bonchev–Trinajstić information content (AvgIpc) is 3.88. The van der Waals surface area contributed by atoms with Gasteiger partial charge in [-0.25, -0.2) is 41.9 Å². The number of benzene rings is 4. The Hall–Kier alpha value is -3.95. The van der Waals surface area contributed by atoms with Crippen LogP contribution in [0.25, 0.3) is 0 Å². The zero-order valence-corrected chi connectivity index (χ0v) is 29.8. The minimum Gasteiger partial charge on any atom is -0.376 e. The molecule has 4 aromatic carbocycles. The van der Waals surface area contributed by atoms with E-state index in [0.29, 0.717) is 47.0 Å². The molecule has 0 atom stereocenters. The van der Waals surface area contributed by atoms with Crippen molar-refractivity contribution < 1.29 is 39.3 Å². The third kappa shape index (κ3) is 16.8. The number of nitrogens with one attached hydrogen (secondary N) is 2. The summed E-state index contributed by atoms with van der Waals surface area (Å²) in [7, 11) is 0. The van der Waals surface area contributed by atoms with Crippen LogP contribution in [0.15, 0.2) is 121 Å². The van der Waals surface area contributed by atoms with Crippen LogP contribution < -0.4 is 10.6 Å². The zero-order valence-electron chi connectivity index (χ0n) is 26.6. The van der Waals surface area contributed by atoms with E-state index in [1.54, 1.807) is 0 Å². The van der Waals surface area contributed by atoms with Gasteiger partial charge < -0.3 is 10.6 Å². The molecule has 0 bridgehead atoms. The molecular weight excluding hydrogens is 696 g/mol. The number of rotatable bonds is 8. The first-order valence-electron chi connectivity index (χ1n) is 15.2. The number of hydrogen-bond acceptors (Lipinski definition) is 2. The van der Waals surface area contributed by atoms with Crippen LogP contribution in [0.1, 0.15) is 35.1 Å². The fourth-order valence-electron chi connectivity index (χ4n) is 4.02. The molecule has 2 aliphatic carbocycles. The predicted molar refractivity (Wildman–Crippen MR) is 193 cm³/mol. The Morgan fingerprint density at radius 2 is 0.959 bits per heavy atom. The summed E-state index contributed by atoms with van der Waals surface area (Å²) < 4.78 is 52.1. The molecule has 0 saturated heterocycles. The molecule has 0 saturated carbocycles. The van der Waals surface area contributed by atoms with Crippen LogP contribution in [0.2, 0.25) is 0 Å². The van der Waals surface area contributed by atoms with E-state index in [1.165, 1.54) is 24.3 Å². The number of allylic oxidation sites excluding steroid dienone is 8. The van der Waals surface area contributed by atoms with Crippen molar-refractivity contribution >= 4 is 34.4 Å². The molecule has 0 amide bonds. The van der Waals surface area contributed by atoms with Gasteiger partial charge in [0.25, 0.3) is 0 Å². The van der Waals surface area contributed by atoms with Gasteiger partial charge in [0.05, 0.1) is 0 Å². The summed E-state index contributed by atoms with van der Waals surface area (Å²) in [4.78, 5) is 1.24. The van der Waals surface area contributed by atoms with Crippen LogP contribution in [-0.2, 0) is 34.6 Å². The van der Waals surface area contributed by atoms with Crippen molar-refractivity contribution in [3.8, 4) is 0 Å². The van der Waals surface area contributed by atoms with E-state index in [-0.39, 0.29) is 21.7 Å². The smallest absolute Gasteiger partial charge is 0.376 e. The average molecular weight is 731 g/mol. The van der Waals surface area contributed by atoms with Crippen LogP contribution in [-0.4, -0.2) is 23.1 Å². The third-order valence-electron chi connectivity index (χ3n) is 6.49. The van der Waals surface area contributed by atoms with E-state index in [0.717, 1.165) is 24.0 Å². The molecule has 0 spiro atoms. The fraction of sp³-hybridized carbons (Fsp3) is 0.150. The molecule has 0 fully saturated rings. The summed E-state index contributed by atoms with van der Waals surface area (Å²) in [5.74, 6) is -2.66. The molecule has 2 N–H and O–H groups in total. The van der Waals surface area contributed by atoms with Gasteiger partial charge >= 0.3 is 21.7 Å². The molecule has 0 aromatic heterocycles. The Bertz CT molecular complexity index is 1560.